The molecule has 0 spiro atoms. The highest BCUT2D eigenvalue weighted by atomic mass is 16.6. The van der Waals surface area contributed by atoms with Crippen LogP contribution in [0, 0.1) is 10.1 Å². The lowest BCUT2D eigenvalue weighted by Crippen LogP contribution is -2.31. The van der Waals surface area contributed by atoms with Gasteiger partial charge < -0.3 is 14.4 Å². The molecule has 130 valence electrons. The number of nitro groups is 1. The third-order valence-corrected chi connectivity index (χ3v) is 3.46. The normalized spacial score (nSPS) is 10.0. The SMILES string of the molecule is COc1ccc(C(=O)OCC(=O)N(C)c2ccccc2)cc1[N+](=O)[O-]. The van der Waals surface area contributed by atoms with Crippen LogP contribution in [0.25, 0.3) is 0 Å². The molecule has 0 aromatic heterocycles. The van der Waals surface area contributed by atoms with Crippen molar-refractivity contribution in [3.63, 3.8) is 0 Å². The summed E-state index contributed by atoms with van der Waals surface area (Å²) in [4.78, 5) is 35.8. The van der Waals surface area contributed by atoms with Crippen LogP contribution in [-0.2, 0) is 9.53 Å². The first-order valence-electron chi connectivity index (χ1n) is 7.25. The Morgan fingerprint density at radius 1 is 1.16 bits per heavy atom. The predicted molar refractivity (Wildman–Crippen MR) is 89.8 cm³/mol. The van der Waals surface area contributed by atoms with Gasteiger partial charge in [-0.25, -0.2) is 4.79 Å². The molecule has 0 aliphatic rings. The summed E-state index contributed by atoms with van der Waals surface area (Å²) in [6.07, 6.45) is 0. The number of carbonyl (C=O) groups excluding carboxylic acids is 2. The summed E-state index contributed by atoms with van der Waals surface area (Å²) in [7, 11) is 2.85. The van der Waals surface area contributed by atoms with Crippen LogP contribution in [0.2, 0.25) is 0 Å². The molecule has 2 aromatic carbocycles. The number of nitrogens with zero attached hydrogens (tertiary/aromatic N) is 2. The van der Waals surface area contributed by atoms with Crippen molar-refractivity contribution in [3.8, 4) is 5.75 Å². The van der Waals surface area contributed by atoms with E-state index in [4.69, 9.17) is 9.47 Å². The fraction of sp³-hybridized carbons (Fsp3) is 0.176. The van der Waals surface area contributed by atoms with Crippen LogP contribution in [0.5, 0.6) is 5.75 Å². The minimum atomic E-state index is -0.833. The number of benzene rings is 2. The molecule has 0 saturated heterocycles. The zero-order valence-electron chi connectivity index (χ0n) is 13.7. The molecule has 0 aliphatic heterocycles. The molecule has 0 saturated carbocycles. The summed E-state index contributed by atoms with van der Waals surface area (Å²) in [6.45, 7) is -0.482. The summed E-state index contributed by atoms with van der Waals surface area (Å²) >= 11 is 0. The van der Waals surface area contributed by atoms with E-state index in [1.807, 2.05) is 6.07 Å². The van der Waals surface area contributed by atoms with Gasteiger partial charge in [-0.3, -0.25) is 14.9 Å². The third kappa shape index (κ3) is 4.31. The molecule has 0 fully saturated rings. The number of carbonyl (C=O) groups is 2. The zero-order valence-corrected chi connectivity index (χ0v) is 13.7. The Morgan fingerprint density at radius 2 is 1.84 bits per heavy atom. The van der Waals surface area contributed by atoms with E-state index in [1.54, 1.807) is 31.3 Å². The Morgan fingerprint density at radius 3 is 2.44 bits per heavy atom. The number of nitro benzene ring substituents is 1. The molecule has 2 aromatic rings. The Labute approximate surface area is 143 Å². The van der Waals surface area contributed by atoms with E-state index in [2.05, 4.69) is 0 Å². The van der Waals surface area contributed by atoms with E-state index in [0.29, 0.717) is 5.69 Å². The van der Waals surface area contributed by atoms with Crippen LogP contribution < -0.4 is 9.64 Å². The van der Waals surface area contributed by atoms with E-state index < -0.39 is 23.4 Å². The van der Waals surface area contributed by atoms with E-state index >= 15 is 0 Å². The minimum absolute atomic E-state index is 0.0291. The van der Waals surface area contributed by atoms with Crippen LogP contribution in [0.3, 0.4) is 0 Å². The second-order valence-corrected chi connectivity index (χ2v) is 5.01. The molecule has 0 radical (unpaired) electrons. The fourth-order valence-electron chi connectivity index (χ4n) is 2.06. The smallest absolute Gasteiger partial charge is 0.338 e. The van der Waals surface area contributed by atoms with Gasteiger partial charge in [0.2, 0.25) is 0 Å². The highest BCUT2D eigenvalue weighted by Crippen LogP contribution is 2.27. The second-order valence-electron chi connectivity index (χ2n) is 5.01. The van der Waals surface area contributed by atoms with Crippen LogP contribution in [0.4, 0.5) is 11.4 Å². The van der Waals surface area contributed by atoms with Crippen LogP contribution in [0.15, 0.2) is 48.5 Å². The van der Waals surface area contributed by atoms with Crippen molar-refractivity contribution in [2.24, 2.45) is 0 Å². The first kappa shape index (κ1) is 17.9. The molecule has 0 N–H and O–H groups in total. The summed E-state index contributed by atoms with van der Waals surface area (Å²) in [6, 6.07) is 12.5. The topological polar surface area (TPSA) is 99.0 Å². The number of esters is 1. The number of methoxy groups -OCH3 is 1. The van der Waals surface area contributed by atoms with Crippen LogP contribution in [-0.4, -0.2) is 37.6 Å². The Hall–Kier alpha value is -3.42. The monoisotopic (exact) mass is 344 g/mol. The van der Waals surface area contributed by atoms with E-state index in [-0.39, 0.29) is 17.0 Å². The number of hydrogen-bond acceptors (Lipinski definition) is 6. The average Bonchev–Trinajstić information content (AvgIpc) is 2.65. The molecule has 0 bridgehead atoms. The Kier molecular flexibility index (Phi) is 5.67. The number of likely N-dealkylation sites (N-methyl/N-ethyl adjacent to an activating group) is 1. The Balaban J connectivity index is 2.04. The van der Waals surface area contributed by atoms with E-state index in [9.17, 15) is 19.7 Å². The van der Waals surface area contributed by atoms with Gasteiger partial charge in [-0.05, 0) is 24.3 Å². The highest BCUT2D eigenvalue weighted by Gasteiger charge is 2.20. The first-order valence-corrected chi connectivity index (χ1v) is 7.25. The van der Waals surface area contributed by atoms with Gasteiger partial charge in [0.15, 0.2) is 12.4 Å². The lowest BCUT2D eigenvalue weighted by molar-refractivity contribution is -0.385. The van der Waals surface area contributed by atoms with Gasteiger partial charge in [-0.2, -0.15) is 0 Å². The molecule has 2 rings (SSSR count). The Bertz CT molecular complexity index is 791. The first-order chi connectivity index (χ1) is 11.9. The molecule has 0 atom stereocenters. The summed E-state index contributed by atoms with van der Waals surface area (Å²) in [5, 5.41) is 11.0. The number of ether oxygens (including phenoxy) is 2. The third-order valence-electron chi connectivity index (χ3n) is 3.46. The van der Waals surface area contributed by atoms with Crippen molar-refractivity contribution in [3.05, 3.63) is 64.2 Å². The molecule has 0 unspecified atom stereocenters. The quantitative estimate of drug-likeness (QED) is 0.453. The van der Waals surface area contributed by atoms with Gasteiger partial charge in [0.1, 0.15) is 0 Å². The molecule has 8 heteroatoms. The molecule has 25 heavy (non-hydrogen) atoms. The van der Waals surface area contributed by atoms with Crippen LogP contribution in [0.1, 0.15) is 10.4 Å². The standard InChI is InChI=1S/C17H16N2O6/c1-18(13-6-4-3-5-7-13)16(20)11-25-17(21)12-8-9-15(24-2)14(10-12)19(22)23/h3-10H,11H2,1-2H3. The molecule has 8 nitrogen and oxygen atoms in total. The van der Waals surface area contributed by atoms with Crippen molar-refractivity contribution < 1.29 is 24.0 Å². The van der Waals surface area contributed by atoms with Crippen molar-refractivity contribution in [1.82, 2.24) is 0 Å². The van der Waals surface area contributed by atoms with Crippen molar-refractivity contribution >= 4 is 23.3 Å². The maximum Gasteiger partial charge on any atom is 0.338 e. The maximum atomic E-state index is 12.1. The maximum absolute atomic E-state index is 12.1. The van der Waals surface area contributed by atoms with Gasteiger partial charge in [0.25, 0.3) is 5.91 Å². The lowest BCUT2D eigenvalue weighted by Gasteiger charge is -2.17. The molecular weight excluding hydrogens is 328 g/mol. The summed E-state index contributed by atoms with van der Waals surface area (Å²) in [5.41, 5.74) is 0.260. The molecular formula is C17H16N2O6. The second kappa shape index (κ2) is 7.91. The largest absolute Gasteiger partial charge is 0.490 e. The van der Waals surface area contributed by atoms with E-state index in [0.717, 1.165) is 6.07 Å². The van der Waals surface area contributed by atoms with Crippen molar-refractivity contribution in [1.29, 1.82) is 0 Å². The van der Waals surface area contributed by atoms with Crippen molar-refractivity contribution in [2.45, 2.75) is 0 Å². The average molecular weight is 344 g/mol. The zero-order chi connectivity index (χ0) is 18.4. The van der Waals surface area contributed by atoms with Gasteiger partial charge in [-0.1, -0.05) is 18.2 Å². The van der Waals surface area contributed by atoms with Gasteiger partial charge in [0, 0.05) is 18.8 Å². The highest BCUT2D eigenvalue weighted by molar-refractivity contribution is 5.97. The van der Waals surface area contributed by atoms with Crippen molar-refractivity contribution in [2.75, 3.05) is 25.7 Å². The minimum Gasteiger partial charge on any atom is -0.490 e. The number of hydrogen-bond donors (Lipinski definition) is 0. The van der Waals surface area contributed by atoms with Gasteiger partial charge in [0.05, 0.1) is 17.6 Å². The number of anilines is 1. The fourth-order valence-corrected chi connectivity index (χ4v) is 2.06. The number of rotatable bonds is 6. The molecule has 0 aliphatic carbocycles. The van der Waals surface area contributed by atoms with Gasteiger partial charge >= 0.3 is 11.7 Å². The van der Waals surface area contributed by atoms with Crippen LogP contribution >= 0.6 is 0 Å². The summed E-state index contributed by atoms with van der Waals surface area (Å²) in [5.74, 6) is -1.23. The lowest BCUT2D eigenvalue weighted by atomic mass is 10.2. The molecule has 0 heterocycles. The predicted octanol–water partition coefficient (Wildman–Crippen LogP) is 2.42. The summed E-state index contributed by atoms with van der Waals surface area (Å²) < 4.78 is 9.81. The van der Waals surface area contributed by atoms with E-state index in [1.165, 1.54) is 24.1 Å². The van der Waals surface area contributed by atoms with Gasteiger partial charge in [-0.15, -0.1) is 0 Å². The number of amides is 1. The number of para-hydroxylation sites is 1. The molecule has 1 amide bonds.